The van der Waals surface area contributed by atoms with Crippen molar-refractivity contribution in [1.29, 1.82) is 0 Å². The maximum Gasteiger partial charge on any atom is 0.271 e. The van der Waals surface area contributed by atoms with Gasteiger partial charge in [0.2, 0.25) is 10.0 Å². The molecular weight excluding hydrogens is 446 g/mol. The van der Waals surface area contributed by atoms with Crippen LogP contribution >= 0.6 is 11.6 Å². The van der Waals surface area contributed by atoms with Crippen LogP contribution in [-0.2, 0) is 10.0 Å². The van der Waals surface area contributed by atoms with Crippen LogP contribution < -0.4 is 15.6 Å². The summed E-state index contributed by atoms with van der Waals surface area (Å²) in [5.41, 5.74) is 5.28. The van der Waals surface area contributed by atoms with E-state index in [1.807, 2.05) is 0 Å². The fourth-order valence-corrected chi connectivity index (χ4v) is 4.00. The molecule has 0 fully saturated rings. The lowest BCUT2D eigenvalue weighted by molar-refractivity contribution is 0.0846. The summed E-state index contributed by atoms with van der Waals surface area (Å²) in [6.07, 6.45) is 1.41. The van der Waals surface area contributed by atoms with Gasteiger partial charge in [-0.05, 0) is 66.7 Å². The van der Waals surface area contributed by atoms with Crippen molar-refractivity contribution in [1.82, 2.24) is 35.8 Å². The van der Waals surface area contributed by atoms with Crippen LogP contribution in [-0.4, -0.2) is 46.5 Å². The van der Waals surface area contributed by atoms with Gasteiger partial charge in [0.1, 0.15) is 6.33 Å². The predicted molar refractivity (Wildman–Crippen MR) is 111 cm³/mol. The molecule has 0 spiro atoms. The fourth-order valence-electron chi connectivity index (χ4n) is 2.52. The summed E-state index contributed by atoms with van der Waals surface area (Å²) in [4.78, 5) is 24.6. The maximum atomic E-state index is 12.5. The van der Waals surface area contributed by atoms with E-state index < -0.39 is 21.8 Å². The maximum absolute atomic E-state index is 12.5. The molecule has 0 radical (unpaired) electrons. The van der Waals surface area contributed by atoms with Crippen molar-refractivity contribution in [3.63, 3.8) is 0 Å². The second kappa shape index (κ2) is 9.20. The number of hydrazine groups is 1. The molecule has 11 nitrogen and oxygen atoms in total. The summed E-state index contributed by atoms with van der Waals surface area (Å²) in [5.74, 6) is -1.36. The van der Waals surface area contributed by atoms with Gasteiger partial charge in [-0.3, -0.25) is 20.4 Å². The summed E-state index contributed by atoms with van der Waals surface area (Å²) in [7, 11) is -3.82. The molecule has 3 aromatic rings. The molecule has 0 aliphatic carbocycles. The summed E-state index contributed by atoms with van der Waals surface area (Å²) in [6.45, 7) is 3.35. The molecule has 1 aromatic heterocycles. The smallest absolute Gasteiger partial charge is 0.267 e. The normalized spacial score (nSPS) is 11.4. The quantitative estimate of drug-likeness (QED) is 0.463. The largest absolute Gasteiger partial charge is 0.271 e. The van der Waals surface area contributed by atoms with Gasteiger partial charge in [-0.25, -0.2) is 17.8 Å². The van der Waals surface area contributed by atoms with Crippen LogP contribution in [0, 0.1) is 0 Å². The Bertz CT molecular complexity index is 1200. The average molecular weight is 464 g/mol. The molecule has 0 atom stereocenters. The number of aromatic nitrogens is 4. The number of benzene rings is 2. The average Bonchev–Trinajstić information content (AvgIpc) is 3.26. The molecule has 0 unspecified atom stereocenters. The highest BCUT2D eigenvalue weighted by Crippen LogP contribution is 2.20. The van der Waals surface area contributed by atoms with Gasteiger partial charge in [0.05, 0.1) is 21.2 Å². The highest BCUT2D eigenvalue weighted by molar-refractivity contribution is 7.89. The molecule has 3 rings (SSSR count). The Labute approximate surface area is 182 Å². The van der Waals surface area contributed by atoms with Crippen molar-refractivity contribution in [2.24, 2.45) is 0 Å². The number of halogens is 1. The van der Waals surface area contributed by atoms with Gasteiger partial charge < -0.3 is 0 Å². The first-order chi connectivity index (χ1) is 14.7. The third kappa shape index (κ3) is 5.42. The Morgan fingerprint density at radius 1 is 1.03 bits per heavy atom. The predicted octanol–water partition coefficient (Wildman–Crippen LogP) is 1.08. The molecule has 3 N–H and O–H groups in total. The molecule has 13 heteroatoms. The van der Waals surface area contributed by atoms with Crippen molar-refractivity contribution >= 4 is 33.4 Å². The Kier molecular flexibility index (Phi) is 6.63. The second-order valence-corrected chi connectivity index (χ2v) is 8.75. The van der Waals surface area contributed by atoms with Crippen LogP contribution in [0.15, 0.2) is 53.7 Å². The Morgan fingerprint density at radius 2 is 1.71 bits per heavy atom. The zero-order valence-corrected chi connectivity index (χ0v) is 18.0. The highest BCUT2D eigenvalue weighted by Gasteiger charge is 2.20. The van der Waals surface area contributed by atoms with Crippen LogP contribution in [0.4, 0.5) is 0 Å². The molecule has 0 saturated heterocycles. The van der Waals surface area contributed by atoms with E-state index in [2.05, 4.69) is 31.1 Å². The van der Waals surface area contributed by atoms with E-state index >= 15 is 0 Å². The van der Waals surface area contributed by atoms with Gasteiger partial charge in [0, 0.05) is 11.6 Å². The minimum atomic E-state index is -3.82. The number of hydrogen-bond donors (Lipinski definition) is 3. The van der Waals surface area contributed by atoms with Crippen molar-refractivity contribution in [2.45, 2.75) is 24.8 Å². The Hall–Kier alpha value is -3.35. The van der Waals surface area contributed by atoms with Crippen LogP contribution in [0.5, 0.6) is 0 Å². The molecule has 0 aliphatic rings. The fraction of sp³-hybridized carbons (Fsp3) is 0.167. The number of amides is 2. The highest BCUT2D eigenvalue weighted by atomic mass is 35.5. The number of nitrogens with zero attached hydrogens (tertiary/aromatic N) is 4. The van der Waals surface area contributed by atoms with E-state index in [9.17, 15) is 18.0 Å². The first-order valence-corrected chi connectivity index (χ1v) is 10.8. The zero-order valence-electron chi connectivity index (χ0n) is 16.4. The van der Waals surface area contributed by atoms with Gasteiger partial charge in [0.25, 0.3) is 11.8 Å². The minimum Gasteiger partial charge on any atom is -0.267 e. The third-order valence-corrected chi connectivity index (χ3v) is 5.90. The van der Waals surface area contributed by atoms with Crippen LogP contribution in [0.3, 0.4) is 0 Å². The molecule has 162 valence electrons. The second-order valence-electron chi connectivity index (χ2n) is 6.63. The lowest BCUT2D eigenvalue weighted by atomic mass is 10.2. The molecule has 2 amide bonds. The number of carbonyl (C=O) groups is 2. The van der Waals surface area contributed by atoms with Gasteiger partial charge >= 0.3 is 0 Å². The molecule has 31 heavy (non-hydrogen) atoms. The molecule has 0 bridgehead atoms. The van der Waals surface area contributed by atoms with E-state index in [0.717, 1.165) is 6.07 Å². The molecule has 0 aliphatic heterocycles. The lowest BCUT2D eigenvalue weighted by Gasteiger charge is -2.12. The molecule has 0 saturated carbocycles. The summed E-state index contributed by atoms with van der Waals surface area (Å²) in [5, 5.41) is 10.8. The molecule has 2 aromatic carbocycles. The van der Waals surface area contributed by atoms with Crippen molar-refractivity contribution < 1.29 is 18.0 Å². The number of hydrogen-bond acceptors (Lipinski definition) is 7. The topological polar surface area (TPSA) is 148 Å². The standard InChI is InChI=1S/C18H18ClN7O4S/c1-11(2)23-31(29,30)14-7-8-16(19)15(9-14)18(28)22-21-17(27)12-3-5-13(6-4-12)26-10-20-24-25-26/h3-11,23H,1-2H3,(H,21,27)(H,22,28). The molecular formula is C18H18ClN7O4S. The van der Waals surface area contributed by atoms with E-state index in [1.165, 1.54) is 35.3 Å². The van der Waals surface area contributed by atoms with E-state index in [0.29, 0.717) is 5.69 Å². The van der Waals surface area contributed by atoms with Gasteiger partial charge in [-0.15, -0.1) is 5.10 Å². The first-order valence-electron chi connectivity index (χ1n) is 8.93. The van der Waals surface area contributed by atoms with Crippen molar-refractivity contribution in [3.8, 4) is 5.69 Å². The summed E-state index contributed by atoms with van der Waals surface area (Å²) >= 11 is 6.04. The summed E-state index contributed by atoms with van der Waals surface area (Å²) < 4.78 is 28.5. The van der Waals surface area contributed by atoms with Crippen LogP contribution in [0.2, 0.25) is 5.02 Å². The van der Waals surface area contributed by atoms with Crippen LogP contribution in [0.25, 0.3) is 5.69 Å². The monoisotopic (exact) mass is 463 g/mol. The van der Waals surface area contributed by atoms with Crippen molar-refractivity contribution in [2.75, 3.05) is 0 Å². The van der Waals surface area contributed by atoms with E-state index in [1.54, 1.807) is 26.0 Å². The number of sulfonamides is 1. The number of tetrazole rings is 1. The van der Waals surface area contributed by atoms with Crippen LogP contribution in [0.1, 0.15) is 34.6 Å². The minimum absolute atomic E-state index is 0.0287. The van der Waals surface area contributed by atoms with E-state index in [4.69, 9.17) is 11.6 Å². The SMILES string of the molecule is CC(C)NS(=O)(=O)c1ccc(Cl)c(C(=O)NNC(=O)c2ccc(-n3cnnn3)cc2)c1. The molecule has 1 heterocycles. The van der Waals surface area contributed by atoms with Gasteiger partial charge in [-0.1, -0.05) is 11.6 Å². The number of rotatable bonds is 6. The zero-order chi connectivity index (χ0) is 22.6. The van der Waals surface area contributed by atoms with E-state index in [-0.39, 0.29) is 27.1 Å². The third-order valence-electron chi connectivity index (χ3n) is 3.92. The number of carbonyl (C=O) groups excluding carboxylic acids is 2. The first kappa shape index (κ1) is 22.3. The summed E-state index contributed by atoms with van der Waals surface area (Å²) in [6, 6.07) is 9.69. The lowest BCUT2D eigenvalue weighted by Crippen LogP contribution is -2.41. The Balaban J connectivity index is 1.69. The van der Waals surface area contributed by atoms with Gasteiger partial charge in [0.15, 0.2) is 0 Å². The van der Waals surface area contributed by atoms with Crippen molar-refractivity contribution in [3.05, 3.63) is 64.9 Å². The van der Waals surface area contributed by atoms with Gasteiger partial charge in [-0.2, -0.15) is 0 Å². The number of nitrogens with one attached hydrogen (secondary N) is 3. The Morgan fingerprint density at radius 3 is 2.32 bits per heavy atom.